The van der Waals surface area contributed by atoms with Gasteiger partial charge in [-0.3, -0.25) is 9.59 Å². The average molecular weight is 319 g/mol. The summed E-state index contributed by atoms with van der Waals surface area (Å²) in [5.74, 6) is 0.0463. The first kappa shape index (κ1) is 14.8. The van der Waals surface area contributed by atoms with Crippen molar-refractivity contribution in [3.8, 4) is 10.6 Å². The predicted octanol–water partition coefficient (Wildman–Crippen LogP) is 3.30. The molecule has 1 amide bonds. The Bertz CT molecular complexity index is 703. The van der Waals surface area contributed by atoms with Crippen LogP contribution in [0.5, 0.6) is 0 Å². The third-order valence-electron chi connectivity index (χ3n) is 3.96. The van der Waals surface area contributed by atoms with Gasteiger partial charge in [-0.15, -0.1) is 11.3 Å². The number of carboxylic acid groups (broad SMARTS) is 1. The maximum atomic E-state index is 12.3. The molecule has 0 unspecified atom stereocenters. The lowest BCUT2D eigenvalue weighted by Gasteiger charge is -2.16. The quantitative estimate of drug-likeness (QED) is 0.906. The first-order chi connectivity index (χ1) is 10.5. The van der Waals surface area contributed by atoms with Crippen molar-refractivity contribution >= 4 is 23.2 Å². The standard InChI is InChI=1S/C16H17NO4S/c1-9-5-6-12(21-9)13-7-8-14(22-13)15(18)17-11-4-2-3-10(11)16(19)20/h5-8,10-11H,2-4H2,1H3,(H,17,18)(H,19,20)/t10-,11+/m0/s1. The highest BCUT2D eigenvalue weighted by molar-refractivity contribution is 7.17. The minimum absolute atomic E-state index is 0.210. The van der Waals surface area contributed by atoms with Gasteiger partial charge in [-0.2, -0.15) is 0 Å². The molecule has 0 aliphatic heterocycles. The number of hydrogen-bond donors (Lipinski definition) is 2. The zero-order chi connectivity index (χ0) is 15.7. The third-order valence-corrected chi connectivity index (χ3v) is 5.06. The molecule has 0 spiro atoms. The summed E-state index contributed by atoms with van der Waals surface area (Å²) >= 11 is 1.35. The van der Waals surface area contributed by atoms with E-state index in [1.54, 1.807) is 6.07 Å². The molecular formula is C16H17NO4S. The molecule has 0 bridgehead atoms. The van der Waals surface area contributed by atoms with E-state index in [0.717, 1.165) is 29.2 Å². The van der Waals surface area contributed by atoms with E-state index in [1.807, 2.05) is 25.1 Å². The van der Waals surface area contributed by atoms with Crippen LogP contribution in [0.2, 0.25) is 0 Å². The molecule has 22 heavy (non-hydrogen) atoms. The number of aliphatic carboxylic acids is 1. The van der Waals surface area contributed by atoms with Crippen molar-refractivity contribution in [2.24, 2.45) is 5.92 Å². The zero-order valence-electron chi connectivity index (χ0n) is 12.2. The number of rotatable bonds is 4. The second-order valence-corrected chi connectivity index (χ2v) is 6.61. The summed E-state index contributed by atoms with van der Waals surface area (Å²) in [5, 5.41) is 12.0. The van der Waals surface area contributed by atoms with Crippen molar-refractivity contribution in [2.75, 3.05) is 0 Å². The maximum Gasteiger partial charge on any atom is 0.308 e. The van der Waals surface area contributed by atoms with Crippen molar-refractivity contribution in [3.05, 3.63) is 34.9 Å². The predicted molar refractivity (Wildman–Crippen MR) is 83.0 cm³/mol. The first-order valence-electron chi connectivity index (χ1n) is 7.25. The zero-order valence-corrected chi connectivity index (χ0v) is 13.0. The molecule has 2 heterocycles. The van der Waals surface area contributed by atoms with E-state index in [9.17, 15) is 9.59 Å². The number of amides is 1. The van der Waals surface area contributed by atoms with Gasteiger partial charge >= 0.3 is 5.97 Å². The molecule has 0 aromatic carbocycles. The van der Waals surface area contributed by atoms with Gasteiger partial charge in [0, 0.05) is 6.04 Å². The topological polar surface area (TPSA) is 79.5 Å². The minimum Gasteiger partial charge on any atom is -0.481 e. The molecule has 2 aromatic heterocycles. The van der Waals surface area contributed by atoms with Crippen molar-refractivity contribution < 1.29 is 19.1 Å². The number of aryl methyl sites for hydroxylation is 1. The van der Waals surface area contributed by atoms with Crippen LogP contribution in [-0.4, -0.2) is 23.0 Å². The molecule has 3 rings (SSSR count). The van der Waals surface area contributed by atoms with E-state index in [4.69, 9.17) is 9.52 Å². The molecule has 1 fully saturated rings. The van der Waals surface area contributed by atoms with E-state index in [2.05, 4.69) is 5.32 Å². The molecule has 1 aliphatic carbocycles. The van der Waals surface area contributed by atoms with Crippen LogP contribution < -0.4 is 5.32 Å². The Morgan fingerprint density at radius 2 is 2.09 bits per heavy atom. The van der Waals surface area contributed by atoms with Gasteiger partial charge in [0.1, 0.15) is 11.5 Å². The minimum atomic E-state index is -0.833. The molecule has 0 radical (unpaired) electrons. The number of thiophene rings is 1. The highest BCUT2D eigenvalue weighted by atomic mass is 32.1. The van der Waals surface area contributed by atoms with Gasteiger partial charge in [0.15, 0.2) is 0 Å². The molecule has 1 aliphatic rings. The molecule has 1 saturated carbocycles. The van der Waals surface area contributed by atoms with E-state index >= 15 is 0 Å². The van der Waals surface area contributed by atoms with Crippen LogP contribution in [0.15, 0.2) is 28.7 Å². The summed E-state index contributed by atoms with van der Waals surface area (Å²) in [7, 11) is 0. The second-order valence-electron chi connectivity index (χ2n) is 5.53. The fraction of sp³-hybridized carbons (Fsp3) is 0.375. The van der Waals surface area contributed by atoms with Crippen LogP contribution in [0.1, 0.15) is 34.7 Å². The Kier molecular flexibility index (Phi) is 4.02. The number of hydrogen-bond acceptors (Lipinski definition) is 4. The summed E-state index contributed by atoms with van der Waals surface area (Å²) < 4.78 is 5.55. The number of nitrogens with one attached hydrogen (secondary N) is 1. The summed E-state index contributed by atoms with van der Waals surface area (Å²) in [6.45, 7) is 1.87. The number of carboxylic acids is 1. The molecule has 5 nitrogen and oxygen atoms in total. The lowest BCUT2D eigenvalue weighted by atomic mass is 10.0. The Morgan fingerprint density at radius 1 is 1.27 bits per heavy atom. The highest BCUT2D eigenvalue weighted by Gasteiger charge is 2.34. The summed E-state index contributed by atoms with van der Waals surface area (Å²) in [4.78, 5) is 24.9. The average Bonchev–Trinajstić information content (AvgIpc) is 3.16. The van der Waals surface area contributed by atoms with E-state index in [0.29, 0.717) is 11.3 Å². The molecule has 6 heteroatoms. The summed E-state index contributed by atoms with van der Waals surface area (Å²) in [5.41, 5.74) is 0. The van der Waals surface area contributed by atoms with Crippen molar-refractivity contribution in [1.82, 2.24) is 5.32 Å². The molecule has 2 atom stereocenters. The van der Waals surface area contributed by atoms with Crippen LogP contribution in [0, 0.1) is 12.8 Å². The monoisotopic (exact) mass is 319 g/mol. The molecule has 0 saturated heterocycles. The fourth-order valence-electron chi connectivity index (χ4n) is 2.83. The van der Waals surface area contributed by atoms with Crippen LogP contribution in [0.25, 0.3) is 10.6 Å². The van der Waals surface area contributed by atoms with E-state index < -0.39 is 11.9 Å². The second kappa shape index (κ2) is 5.96. The lowest BCUT2D eigenvalue weighted by Crippen LogP contribution is -2.39. The van der Waals surface area contributed by atoms with Gasteiger partial charge in [-0.1, -0.05) is 6.42 Å². The van der Waals surface area contributed by atoms with Gasteiger partial charge in [-0.05, 0) is 44.0 Å². The van der Waals surface area contributed by atoms with Crippen LogP contribution >= 0.6 is 11.3 Å². The van der Waals surface area contributed by atoms with E-state index in [1.165, 1.54) is 11.3 Å². The Hall–Kier alpha value is -2.08. The first-order valence-corrected chi connectivity index (χ1v) is 8.06. The van der Waals surface area contributed by atoms with Crippen LogP contribution in [0.3, 0.4) is 0 Å². The van der Waals surface area contributed by atoms with Gasteiger partial charge < -0.3 is 14.8 Å². The van der Waals surface area contributed by atoms with E-state index in [-0.39, 0.29) is 11.9 Å². The van der Waals surface area contributed by atoms with Gasteiger partial charge in [0.05, 0.1) is 15.7 Å². The lowest BCUT2D eigenvalue weighted by molar-refractivity contribution is -0.142. The fourth-order valence-corrected chi connectivity index (χ4v) is 3.70. The van der Waals surface area contributed by atoms with Crippen molar-refractivity contribution in [2.45, 2.75) is 32.2 Å². The largest absolute Gasteiger partial charge is 0.481 e. The molecule has 2 N–H and O–H groups in total. The van der Waals surface area contributed by atoms with Gasteiger partial charge in [-0.25, -0.2) is 0 Å². The number of carbonyl (C=O) groups excluding carboxylic acids is 1. The van der Waals surface area contributed by atoms with Crippen LogP contribution in [0.4, 0.5) is 0 Å². The maximum absolute atomic E-state index is 12.3. The number of carbonyl (C=O) groups is 2. The summed E-state index contributed by atoms with van der Waals surface area (Å²) in [6.07, 6.45) is 2.18. The Labute approximate surface area is 132 Å². The molecule has 116 valence electrons. The SMILES string of the molecule is Cc1ccc(-c2ccc(C(=O)N[C@@H]3CCC[C@@H]3C(=O)O)s2)o1. The number of furan rings is 1. The highest BCUT2D eigenvalue weighted by Crippen LogP contribution is 2.30. The van der Waals surface area contributed by atoms with Gasteiger partial charge in [0.25, 0.3) is 5.91 Å². The smallest absolute Gasteiger partial charge is 0.308 e. The molecular weight excluding hydrogens is 302 g/mol. The Morgan fingerprint density at radius 3 is 2.77 bits per heavy atom. The summed E-state index contributed by atoms with van der Waals surface area (Å²) in [6, 6.07) is 7.07. The third kappa shape index (κ3) is 2.92. The van der Waals surface area contributed by atoms with Gasteiger partial charge in [0.2, 0.25) is 0 Å². The van der Waals surface area contributed by atoms with Crippen molar-refractivity contribution in [3.63, 3.8) is 0 Å². The van der Waals surface area contributed by atoms with Crippen LogP contribution in [-0.2, 0) is 4.79 Å². The normalized spacial score (nSPS) is 21.0. The Balaban J connectivity index is 1.71. The van der Waals surface area contributed by atoms with Crippen molar-refractivity contribution in [1.29, 1.82) is 0 Å². The molecule has 2 aromatic rings.